The highest BCUT2D eigenvalue weighted by Crippen LogP contribution is 2.24. The average Bonchev–Trinajstić information content (AvgIpc) is 3.18. The summed E-state index contributed by atoms with van der Waals surface area (Å²) in [5, 5.41) is 3.41. The molecule has 0 spiro atoms. The molecule has 1 aromatic heterocycles. The molecule has 1 aliphatic rings. The van der Waals surface area contributed by atoms with Gasteiger partial charge in [-0.3, -0.25) is 9.79 Å². The Kier molecular flexibility index (Phi) is 7.46. The smallest absolute Gasteiger partial charge is 0.310 e. The van der Waals surface area contributed by atoms with Gasteiger partial charge in [0, 0.05) is 33.2 Å². The van der Waals surface area contributed by atoms with Crippen LogP contribution in [-0.4, -0.2) is 60.2 Å². The lowest BCUT2D eigenvalue weighted by atomic mass is 9.99. The summed E-state index contributed by atoms with van der Waals surface area (Å²) >= 11 is 0. The van der Waals surface area contributed by atoms with Gasteiger partial charge in [-0.25, -0.2) is 4.98 Å². The van der Waals surface area contributed by atoms with Crippen LogP contribution in [0.4, 0.5) is 0 Å². The molecule has 0 saturated carbocycles. The standard InChI is InChI=1S/C19H27N5O2.HI/c1-13-11-23(12-15(13)18(25)26-4)19(20-3)21-9-10-24-14(2)22-16-7-5-6-8-17(16)24;/h5-8,13,15H,9-12H2,1-4H3,(H,20,21);1H. The molecule has 148 valence electrons. The monoisotopic (exact) mass is 485 g/mol. The number of para-hydroxylation sites is 2. The van der Waals surface area contributed by atoms with E-state index in [1.807, 2.05) is 25.1 Å². The van der Waals surface area contributed by atoms with Crippen LogP contribution in [0, 0.1) is 18.8 Å². The third-order valence-corrected chi connectivity index (χ3v) is 5.09. The Bertz CT molecular complexity index is 820. The number of likely N-dealkylation sites (tertiary alicyclic amines) is 1. The Morgan fingerprint density at radius 3 is 2.81 bits per heavy atom. The molecule has 2 heterocycles. The predicted octanol–water partition coefficient (Wildman–Crippen LogP) is 2.28. The van der Waals surface area contributed by atoms with Gasteiger partial charge in [0.2, 0.25) is 0 Å². The first-order chi connectivity index (χ1) is 12.5. The zero-order valence-corrected chi connectivity index (χ0v) is 18.6. The van der Waals surface area contributed by atoms with E-state index in [4.69, 9.17) is 4.74 Å². The number of methoxy groups -OCH3 is 1. The molecular weight excluding hydrogens is 457 g/mol. The van der Waals surface area contributed by atoms with E-state index in [1.54, 1.807) is 7.05 Å². The van der Waals surface area contributed by atoms with Crippen molar-refractivity contribution < 1.29 is 9.53 Å². The molecule has 1 fully saturated rings. The molecule has 2 unspecified atom stereocenters. The number of carbonyl (C=O) groups excluding carboxylic acids is 1. The molecule has 3 rings (SSSR count). The first-order valence-corrected chi connectivity index (χ1v) is 9.00. The quantitative estimate of drug-likeness (QED) is 0.312. The van der Waals surface area contributed by atoms with Crippen LogP contribution in [0.2, 0.25) is 0 Å². The molecule has 7 nitrogen and oxygen atoms in total. The number of guanidine groups is 1. The fourth-order valence-electron chi connectivity index (χ4n) is 3.69. The van der Waals surface area contributed by atoms with Crippen molar-refractivity contribution in [1.82, 2.24) is 19.8 Å². The predicted molar refractivity (Wildman–Crippen MR) is 117 cm³/mol. The molecule has 0 aliphatic carbocycles. The van der Waals surface area contributed by atoms with Gasteiger partial charge in [-0.1, -0.05) is 19.1 Å². The van der Waals surface area contributed by atoms with Crippen LogP contribution in [0.25, 0.3) is 11.0 Å². The molecular formula is C19H28IN5O2. The summed E-state index contributed by atoms with van der Waals surface area (Å²) in [6.45, 7) is 7.08. The van der Waals surface area contributed by atoms with Crippen molar-refractivity contribution in [2.75, 3.05) is 33.8 Å². The second-order valence-corrected chi connectivity index (χ2v) is 6.79. The number of aromatic nitrogens is 2. The van der Waals surface area contributed by atoms with Crippen molar-refractivity contribution in [3.63, 3.8) is 0 Å². The fraction of sp³-hybridized carbons (Fsp3) is 0.526. The number of carbonyl (C=O) groups is 1. The first kappa shape index (κ1) is 21.5. The van der Waals surface area contributed by atoms with E-state index in [-0.39, 0.29) is 41.8 Å². The van der Waals surface area contributed by atoms with Crippen molar-refractivity contribution in [2.45, 2.75) is 20.4 Å². The molecule has 0 bridgehead atoms. The van der Waals surface area contributed by atoms with E-state index in [9.17, 15) is 4.79 Å². The Morgan fingerprint density at radius 2 is 2.11 bits per heavy atom. The van der Waals surface area contributed by atoms with Gasteiger partial charge in [0.1, 0.15) is 5.82 Å². The second kappa shape index (κ2) is 9.38. The number of benzene rings is 1. The van der Waals surface area contributed by atoms with Crippen molar-refractivity contribution in [3.05, 3.63) is 30.1 Å². The molecule has 0 amide bonds. The topological polar surface area (TPSA) is 71.8 Å². The van der Waals surface area contributed by atoms with Crippen LogP contribution in [0.5, 0.6) is 0 Å². The Balaban J connectivity index is 0.00000261. The fourth-order valence-corrected chi connectivity index (χ4v) is 3.69. The highest BCUT2D eigenvalue weighted by Gasteiger charge is 2.36. The van der Waals surface area contributed by atoms with Crippen LogP contribution in [-0.2, 0) is 16.1 Å². The third kappa shape index (κ3) is 4.53. The maximum Gasteiger partial charge on any atom is 0.310 e. The molecule has 27 heavy (non-hydrogen) atoms. The van der Waals surface area contributed by atoms with E-state index >= 15 is 0 Å². The summed E-state index contributed by atoms with van der Waals surface area (Å²) in [6, 6.07) is 8.16. The number of nitrogens with zero attached hydrogens (tertiary/aromatic N) is 4. The van der Waals surface area contributed by atoms with E-state index in [1.165, 1.54) is 7.11 Å². The molecule has 2 atom stereocenters. The van der Waals surface area contributed by atoms with E-state index in [0.717, 1.165) is 42.5 Å². The summed E-state index contributed by atoms with van der Waals surface area (Å²) < 4.78 is 7.12. The Hall–Kier alpha value is -1.84. The van der Waals surface area contributed by atoms with Gasteiger partial charge in [-0.15, -0.1) is 24.0 Å². The van der Waals surface area contributed by atoms with Crippen molar-refractivity contribution in [3.8, 4) is 0 Å². The molecule has 1 aliphatic heterocycles. The lowest BCUT2D eigenvalue weighted by Crippen LogP contribution is -2.41. The molecule has 1 N–H and O–H groups in total. The van der Waals surface area contributed by atoms with Crippen LogP contribution in [0.1, 0.15) is 12.7 Å². The summed E-state index contributed by atoms with van der Waals surface area (Å²) in [7, 11) is 3.22. The number of aliphatic imine (C=N–C) groups is 1. The molecule has 1 aromatic carbocycles. The number of ether oxygens (including phenoxy) is 1. The Morgan fingerprint density at radius 1 is 1.37 bits per heavy atom. The zero-order valence-electron chi connectivity index (χ0n) is 16.3. The molecule has 8 heteroatoms. The number of esters is 1. The van der Waals surface area contributed by atoms with Gasteiger partial charge in [-0.2, -0.15) is 0 Å². The van der Waals surface area contributed by atoms with Crippen LogP contribution < -0.4 is 5.32 Å². The number of rotatable bonds is 4. The highest BCUT2D eigenvalue weighted by molar-refractivity contribution is 14.0. The minimum atomic E-state index is -0.143. The Labute approximate surface area is 177 Å². The number of hydrogen-bond acceptors (Lipinski definition) is 4. The minimum absolute atomic E-state index is 0. The van der Waals surface area contributed by atoms with Crippen LogP contribution >= 0.6 is 24.0 Å². The second-order valence-electron chi connectivity index (χ2n) is 6.79. The number of nitrogens with one attached hydrogen (secondary N) is 1. The summed E-state index contributed by atoms with van der Waals surface area (Å²) in [6.07, 6.45) is 0. The number of aryl methyl sites for hydroxylation is 1. The van der Waals surface area contributed by atoms with Crippen LogP contribution in [0.15, 0.2) is 29.3 Å². The SMILES string of the molecule is CN=C(NCCn1c(C)nc2ccccc21)N1CC(C)C(C(=O)OC)C1.I. The van der Waals surface area contributed by atoms with Crippen molar-refractivity contribution >= 4 is 46.9 Å². The minimum Gasteiger partial charge on any atom is -0.469 e. The highest BCUT2D eigenvalue weighted by atomic mass is 127. The normalized spacial score (nSPS) is 19.9. The van der Waals surface area contributed by atoms with Crippen molar-refractivity contribution in [2.24, 2.45) is 16.8 Å². The first-order valence-electron chi connectivity index (χ1n) is 9.00. The van der Waals surface area contributed by atoms with Gasteiger partial charge in [0.05, 0.1) is 24.1 Å². The largest absolute Gasteiger partial charge is 0.469 e. The number of fused-ring (bicyclic) bond motifs is 1. The lowest BCUT2D eigenvalue weighted by molar-refractivity contribution is -0.145. The summed E-state index contributed by atoms with van der Waals surface area (Å²) in [4.78, 5) is 23.0. The van der Waals surface area contributed by atoms with Crippen LogP contribution in [0.3, 0.4) is 0 Å². The van der Waals surface area contributed by atoms with Gasteiger partial charge >= 0.3 is 5.97 Å². The third-order valence-electron chi connectivity index (χ3n) is 5.09. The van der Waals surface area contributed by atoms with Crippen molar-refractivity contribution in [1.29, 1.82) is 0 Å². The lowest BCUT2D eigenvalue weighted by Gasteiger charge is -2.21. The summed E-state index contributed by atoms with van der Waals surface area (Å²) in [5.74, 6) is 1.84. The van der Waals surface area contributed by atoms with E-state index in [0.29, 0.717) is 6.54 Å². The van der Waals surface area contributed by atoms with Gasteiger partial charge in [-0.05, 0) is 25.0 Å². The van der Waals surface area contributed by atoms with Gasteiger partial charge in [0.25, 0.3) is 0 Å². The zero-order chi connectivity index (χ0) is 18.7. The van der Waals surface area contributed by atoms with Gasteiger partial charge in [0.15, 0.2) is 5.96 Å². The maximum atomic E-state index is 11.9. The van der Waals surface area contributed by atoms with E-state index in [2.05, 4.69) is 37.8 Å². The average molecular weight is 485 g/mol. The maximum absolute atomic E-state index is 11.9. The molecule has 1 saturated heterocycles. The molecule has 2 aromatic rings. The number of hydrogen-bond donors (Lipinski definition) is 1. The number of halogens is 1. The van der Waals surface area contributed by atoms with Gasteiger partial charge < -0.3 is 19.5 Å². The number of imidazole rings is 1. The summed E-state index contributed by atoms with van der Waals surface area (Å²) in [5.41, 5.74) is 2.16. The molecule has 0 radical (unpaired) electrons. The van der Waals surface area contributed by atoms with E-state index < -0.39 is 0 Å².